The van der Waals surface area contributed by atoms with E-state index in [9.17, 15) is 4.79 Å². The van der Waals surface area contributed by atoms with Gasteiger partial charge in [-0.15, -0.1) is 0 Å². The first kappa shape index (κ1) is 16.5. The molecule has 2 rings (SSSR count). The van der Waals surface area contributed by atoms with Crippen LogP contribution >= 0.6 is 0 Å². The first-order valence-electron chi connectivity index (χ1n) is 7.35. The number of hydrogen-bond acceptors (Lipinski definition) is 4. The van der Waals surface area contributed by atoms with Gasteiger partial charge in [0.05, 0.1) is 19.9 Å². The summed E-state index contributed by atoms with van der Waals surface area (Å²) in [5.74, 6) is 1.11. The highest BCUT2D eigenvalue weighted by molar-refractivity contribution is 5.95. The van der Waals surface area contributed by atoms with Crippen molar-refractivity contribution in [2.75, 3.05) is 13.7 Å². The van der Waals surface area contributed by atoms with Gasteiger partial charge >= 0.3 is 0 Å². The van der Waals surface area contributed by atoms with Gasteiger partial charge in [-0.25, -0.2) is 5.43 Å². The van der Waals surface area contributed by atoms with Crippen molar-refractivity contribution in [3.8, 4) is 11.5 Å². The van der Waals surface area contributed by atoms with Crippen molar-refractivity contribution in [3.63, 3.8) is 0 Å². The predicted octanol–water partition coefficient (Wildman–Crippen LogP) is 3.17. The average molecular weight is 312 g/mol. The van der Waals surface area contributed by atoms with Crippen LogP contribution < -0.4 is 14.9 Å². The predicted molar refractivity (Wildman–Crippen MR) is 90.4 cm³/mol. The molecule has 0 fully saturated rings. The molecule has 120 valence electrons. The highest BCUT2D eigenvalue weighted by atomic mass is 16.5. The molecule has 0 aromatic heterocycles. The number of carbonyl (C=O) groups is 1. The largest absolute Gasteiger partial charge is 0.497 e. The summed E-state index contributed by atoms with van der Waals surface area (Å²) in [6.07, 6.45) is 1.54. The van der Waals surface area contributed by atoms with Crippen molar-refractivity contribution in [1.29, 1.82) is 0 Å². The van der Waals surface area contributed by atoms with Gasteiger partial charge in [0, 0.05) is 11.1 Å². The van der Waals surface area contributed by atoms with Crippen LogP contribution in [0.2, 0.25) is 0 Å². The SMILES string of the molecule is CCOc1ccc(OC)cc1C=NNC(=O)c1ccc(C)cc1. The van der Waals surface area contributed by atoms with Crippen LogP contribution in [0, 0.1) is 6.92 Å². The van der Waals surface area contributed by atoms with Crippen LogP contribution in [-0.4, -0.2) is 25.8 Å². The van der Waals surface area contributed by atoms with Crippen LogP contribution in [-0.2, 0) is 0 Å². The molecule has 0 unspecified atom stereocenters. The minimum Gasteiger partial charge on any atom is -0.497 e. The quantitative estimate of drug-likeness (QED) is 0.658. The Labute approximate surface area is 135 Å². The number of carbonyl (C=O) groups excluding carboxylic acids is 1. The first-order valence-corrected chi connectivity index (χ1v) is 7.35. The molecule has 0 radical (unpaired) electrons. The Hall–Kier alpha value is -2.82. The molecule has 0 atom stereocenters. The minimum atomic E-state index is -0.262. The van der Waals surface area contributed by atoms with E-state index in [-0.39, 0.29) is 5.91 Å². The average Bonchev–Trinajstić information content (AvgIpc) is 2.57. The zero-order valence-electron chi connectivity index (χ0n) is 13.5. The molecular formula is C18H20N2O3. The van der Waals surface area contributed by atoms with Gasteiger partial charge in [-0.2, -0.15) is 5.10 Å². The molecule has 0 aliphatic carbocycles. The van der Waals surface area contributed by atoms with Crippen molar-refractivity contribution in [2.45, 2.75) is 13.8 Å². The number of nitrogens with zero attached hydrogens (tertiary/aromatic N) is 1. The Morgan fingerprint density at radius 2 is 1.96 bits per heavy atom. The van der Waals surface area contributed by atoms with E-state index in [1.165, 1.54) is 0 Å². The smallest absolute Gasteiger partial charge is 0.271 e. The number of amides is 1. The maximum Gasteiger partial charge on any atom is 0.271 e. The summed E-state index contributed by atoms with van der Waals surface area (Å²) < 4.78 is 10.7. The Morgan fingerprint density at radius 3 is 2.61 bits per heavy atom. The number of nitrogens with one attached hydrogen (secondary N) is 1. The molecule has 1 N–H and O–H groups in total. The van der Waals surface area contributed by atoms with E-state index in [2.05, 4.69) is 10.5 Å². The maximum atomic E-state index is 12.0. The second-order valence-electron chi connectivity index (χ2n) is 4.90. The molecule has 0 heterocycles. The van der Waals surface area contributed by atoms with Crippen molar-refractivity contribution in [3.05, 3.63) is 59.2 Å². The third-order valence-corrected chi connectivity index (χ3v) is 3.20. The summed E-state index contributed by atoms with van der Waals surface area (Å²) in [5, 5.41) is 4.00. The van der Waals surface area contributed by atoms with Crippen LogP contribution in [0.15, 0.2) is 47.6 Å². The summed E-state index contributed by atoms with van der Waals surface area (Å²) >= 11 is 0. The molecule has 0 bridgehead atoms. The molecule has 0 aliphatic heterocycles. The van der Waals surface area contributed by atoms with E-state index in [0.717, 1.165) is 11.1 Å². The number of benzene rings is 2. The summed E-state index contributed by atoms with van der Waals surface area (Å²) in [4.78, 5) is 12.0. The Balaban J connectivity index is 2.10. The van der Waals surface area contributed by atoms with Crippen molar-refractivity contribution < 1.29 is 14.3 Å². The Morgan fingerprint density at radius 1 is 1.22 bits per heavy atom. The number of aryl methyl sites for hydroxylation is 1. The van der Waals surface area contributed by atoms with Crippen LogP contribution in [0.5, 0.6) is 11.5 Å². The zero-order valence-corrected chi connectivity index (χ0v) is 13.5. The fraction of sp³-hybridized carbons (Fsp3) is 0.222. The van der Waals surface area contributed by atoms with Gasteiger partial charge in [-0.05, 0) is 44.2 Å². The summed E-state index contributed by atoms with van der Waals surface area (Å²) in [5.41, 5.74) is 4.90. The monoisotopic (exact) mass is 312 g/mol. The van der Waals surface area contributed by atoms with Crippen molar-refractivity contribution in [2.24, 2.45) is 5.10 Å². The molecule has 5 heteroatoms. The fourth-order valence-electron chi connectivity index (χ4n) is 1.97. The molecule has 2 aromatic carbocycles. The summed E-state index contributed by atoms with van der Waals surface area (Å²) in [7, 11) is 1.59. The van der Waals surface area contributed by atoms with Gasteiger partial charge in [0.1, 0.15) is 11.5 Å². The molecule has 2 aromatic rings. The normalized spacial score (nSPS) is 10.6. The minimum absolute atomic E-state index is 0.262. The highest BCUT2D eigenvalue weighted by Gasteiger charge is 2.05. The van der Waals surface area contributed by atoms with Crippen molar-refractivity contribution in [1.82, 2.24) is 5.43 Å². The van der Waals surface area contributed by atoms with Crippen molar-refractivity contribution >= 4 is 12.1 Å². The van der Waals surface area contributed by atoms with E-state index in [4.69, 9.17) is 9.47 Å². The van der Waals surface area contributed by atoms with E-state index in [0.29, 0.717) is 23.7 Å². The Kier molecular flexibility index (Phi) is 5.74. The van der Waals surface area contributed by atoms with Crippen LogP contribution in [0.25, 0.3) is 0 Å². The number of ether oxygens (including phenoxy) is 2. The fourth-order valence-corrected chi connectivity index (χ4v) is 1.97. The van der Waals surface area contributed by atoms with Crippen LogP contribution in [0.3, 0.4) is 0 Å². The zero-order chi connectivity index (χ0) is 16.7. The standard InChI is InChI=1S/C18H20N2O3/c1-4-23-17-10-9-16(22-3)11-15(17)12-19-20-18(21)14-7-5-13(2)6-8-14/h5-12H,4H2,1-3H3,(H,20,21). The van der Waals surface area contributed by atoms with Crippen LogP contribution in [0.1, 0.15) is 28.4 Å². The third-order valence-electron chi connectivity index (χ3n) is 3.20. The third kappa shape index (κ3) is 4.57. The van der Waals surface area contributed by atoms with E-state index < -0.39 is 0 Å². The van der Waals surface area contributed by atoms with E-state index in [1.807, 2.05) is 38.1 Å². The number of rotatable bonds is 6. The lowest BCUT2D eigenvalue weighted by molar-refractivity contribution is 0.0955. The number of methoxy groups -OCH3 is 1. The van der Waals surface area contributed by atoms with Gasteiger partial charge in [0.2, 0.25) is 0 Å². The molecule has 1 amide bonds. The lowest BCUT2D eigenvalue weighted by Crippen LogP contribution is -2.17. The van der Waals surface area contributed by atoms with Crippen LogP contribution in [0.4, 0.5) is 0 Å². The lowest BCUT2D eigenvalue weighted by atomic mass is 10.1. The topological polar surface area (TPSA) is 59.9 Å². The van der Waals surface area contributed by atoms with Gasteiger partial charge < -0.3 is 9.47 Å². The molecule has 0 saturated heterocycles. The lowest BCUT2D eigenvalue weighted by Gasteiger charge is -2.08. The van der Waals surface area contributed by atoms with E-state index in [1.54, 1.807) is 31.5 Å². The summed E-state index contributed by atoms with van der Waals surface area (Å²) in [6, 6.07) is 12.7. The maximum absolute atomic E-state index is 12.0. The molecule has 0 aliphatic rings. The Bertz CT molecular complexity index is 694. The van der Waals surface area contributed by atoms with Gasteiger partial charge in [0.15, 0.2) is 0 Å². The highest BCUT2D eigenvalue weighted by Crippen LogP contribution is 2.22. The second kappa shape index (κ2) is 7.98. The van der Waals surface area contributed by atoms with E-state index >= 15 is 0 Å². The number of hydrogen-bond donors (Lipinski definition) is 1. The molecular weight excluding hydrogens is 292 g/mol. The van der Waals surface area contributed by atoms with Gasteiger partial charge in [-0.3, -0.25) is 4.79 Å². The number of hydrazone groups is 1. The van der Waals surface area contributed by atoms with Gasteiger partial charge in [-0.1, -0.05) is 17.7 Å². The molecule has 23 heavy (non-hydrogen) atoms. The summed E-state index contributed by atoms with van der Waals surface area (Å²) in [6.45, 7) is 4.42. The molecule has 0 saturated carbocycles. The molecule has 5 nitrogen and oxygen atoms in total. The molecule has 0 spiro atoms. The van der Waals surface area contributed by atoms with Gasteiger partial charge in [0.25, 0.3) is 5.91 Å². The second-order valence-corrected chi connectivity index (χ2v) is 4.90. The first-order chi connectivity index (χ1) is 11.1.